The number of methoxy groups -OCH3 is 2. The molecule has 2 N–H and O–H groups in total. The summed E-state index contributed by atoms with van der Waals surface area (Å²) >= 11 is 0. The van der Waals surface area contributed by atoms with Crippen molar-refractivity contribution in [3.63, 3.8) is 0 Å². The van der Waals surface area contributed by atoms with Crippen molar-refractivity contribution < 1.29 is 32.2 Å². The molecule has 0 aliphatic carbocycles. The zero-order chi connectivity index (χ0) is 26.6. The van der Waals surface area contributed by atoms with Gasteiger partial charge in [-0.15, -0.1) is 13.2 Å². The van der Waals surface area contributed by atoms with Gasteiger partial charge in [0.25, 0.3) is 0 Å². The summed E-state index contributed by atoms with van der Waals surface area (Å²) in [6.45, 7) is 0.591. The molecule has 1 aliphatic heterocycles. The normalized spacial score (nSPS) is 16.5. The minimum absolute atomic E-state index is 0.202. The van der Waals surface area contributed by atoms with Crippen molar-refractivity contribution in [3.8, 4) is 17.2 Å². The van der Waals surface area contributed by atoms with Gasteiger partial charge in [-0.2, -0.15) is 0 Å². The number of alkyl halides is 3. The summed E-state index contributed by atoms with van der Waals surface area (Å²) in [6.07, 6.45) is -2.90. The zero-order valence-electron chi connectivity index (χ0n) is 20.6. The molecule has 9 heteroatoms. The average molecular weight is 515 g/mol. The van der Waals surface area contributed by atoms with E-state index in [1.165, 1.54) is 12.1 Å². The Morgan fingerprint density at radius 2 is 1.68 bits per heavy atom. The van der Waals surface area contributed by atoms with E-state index in [0.29, 0.717) is 37.3 Å². The fraction of sp³-hybridized carbons (Fsp3) is 0.321. The first kappa shape index (κ1) is 26.3. The third kappa shape index (κ3) is 6.17. The van der Waals surface area contributed by atoms with E-state index in [9.17, 15) is 18.0 Å². The molecule has 3 aromatic rings. The molecular formula is C28H29F3N2O4. The van der Waals surface area contributed by atoms with E-state index in [1.807, 2.05) is 42.5 Å². The van der Waals surface area contributed by atoms with Crippen LogP contribution in [0.1, 0.15) is 40.8 Å². The Morgan fingerprint density at radius 3 is 2.27 bits per heavy atom. The van der Waals surface area contributed by atoms with Crippen molar-refractivity contribution >= 4 is 5.91 Å². The maximum atomic E-state index is 12.7. The number of rotatable bonds is 9. The first-order chi connectivity index (χ1) is 17.7. The lowest BCUT2D eigenvalue weighted by molar-refractivity contribution is -0.274. The van der Waals surface area contributed by atoms with E-state index < -0.39 is 18.3 Å². The van der Waals surface area contributed by atoms with Gasteiger partial charge in [-0.25, -0.2) is 0 Å². The Hall–Kier alpha value is -3.72. The van der Waals surface area contributed by atoms with E-state index in [2.05, 4.69) is 9.64 Å². The first-order valence-corrected chi connectivity index (χ1v) is 11.9. The number of benzene rings is 3. The molecule has 3 aromatic carbocycles. The van der Waals surface area contributed by atoms with Crippen molar-refractivity contribution in [3.05, 3.63) is 89.0 Å². The number of carbonyl (C=O) groups excluding carboxylic acids is 1. The molecule has 2 atom stereocenters. The van der Waals surface area contributed by atoms with Crippen LogP contribution in [0.4, 0.5) is 13.2 Å². The van der Waals surface area contributed by atoms with Gasteiger partial charge < -0.3 is 19.9 Å². The van der Waals surface area contributed by atoms with Crippen LogP contribution in [0.3, 0.4) is 0 Å². The molecule has 37 heavy (non-hydrogen) atoms. The third-order valence-electron chi connectivity index (χ3n) is 6.62. The highest BCUT2D eigenvalue weighted by atomic mass is 19.4. The highest BCUT2D eigenvalue weighted by Gasteiger charge is 2.36. The molecule has 0 bridgehead atoms. The number of amides is 1. The lowest BCUT2D eigenvalue weighted by Gasteiger charge is -2.41. The highest BCUT2D eigenvalue weighted by Crippen LogP contribution is 2.43. The first-order valence-electron chi connectivity index (χ1n) is 11.9. The van der Waals surface area contributed by atoms with E-state index >= 15 is 0 Å². The standard InChI is InChI=1S/C28H29F3N2O4/c1-35-24-16-20-14-15-33(26(27(32)34)19-6-4-3-5-7-19)23(22(20)17-25(24)36-2)13-10-18-8-11-21(12-9-18)37-28(29,30)31/h3-9,11-12,16-17,23,26H,10,13-15H2,1-2H3,(H2,32,34)/t23-,26+/m0/s1. The SMILES string of the molecule is COc1cc2c(cc1OC)[C@H](CCc1ccc(OC(F)(F)F)cc1)N([C@@H](C(N)=O)c1ccccc1)CC2. The van der Waals surface area contributed by atoms with Gasteiger partial charge in [0.2, 0.25) is 5.91 Å². The summed E-state index contributed by atoms with van der Waals surface area (Å²) in [6, 6.07) is 18.3. The smallest absolute Gasteiger partial charge is 0.493 e. The van der Waals surface area contributed by atoms with Crippen molar-refractivity contribution in [2.45, 2.75) is 37.7 Å². The molecular weight excluding hydrogens is 485 g/mol. The summed E-state index contributed by atoms with van der Waals surface area (Å²) in [5, 5.41) is 0. The number of aryl methyl sites for hydroxylation is 1. The highest BCUT2D eigenvalue weighted by molar-refractivity contribution is 5.81. The van der Waals surface area contributed by atoms with Crippen molar-refractivity contribution in [2.75, 3.05) is 20.8 Å². The minimum atomic E-state index is -4.74. The number of halogens is 3. The Balaban J connectivity index is 1.68. The molecule has 0 spiro atoms. The molecule has 0 saturated heterocycles. The average Bonchev–Trinajstić information content (AvgIpc) is 2.87. The number of carbonyl (C=O) groups is 1. The number of fused-ring (bicyclic) bond motifs is 1. The zero-order valence-corrected chi connectivity index (χ0v) is 20.6. The number of nitrogens with two attached hydrogens (primary N) is 1. The number of hydrogen-bond donors (Lipinski definition) is 1. The molecule has 1 amide bonds. The second-order valence-corrected chi connectivity index (χ2v) is 8.86. The van der Waals surface area contributed by atoms with Crippen LogP contribution in [-0.2, 0) is 17.6 Å². The van der Waals surface area contributed by atoms with E-state index in [0.717, 1.165) is 22.3 Å². The van der Waals surface area contributed by atoms with Gasteiger partial charge in [0.15, 0.2) is 11.5 Å². The fourth-order valence-corrected chi connectivity index (χ4v) is 4.99. The summed E-state index contributed by atoms with van der Waals surface area (Å²) in [4.78, 5) is 14.8. The lowest BCUT2D eigenvalue weighted by atomic mass is 9.86. The topological polar surface area (TPSA) is 74.0 Å². The Bertz CT molecular complexity index is 1220. The van der Waals surface area contributed by atoms with Crippen LogP contribution in [0.25, 0.3) is 0 Å². The van der Waals surface area contributed by atoms with E-state index in [-0.39, 0.29) is 11.8 Å². The summed E-state index contributed by atoms with van der Waals surface area (Å²) < 4.78 is 52.6. The molecule has 1 aliphatic rings. The van der Waals surface area contributed by atoms with E-state index in [1.54, 1.807) is 26.4 Å². The van der Waals surface area contributed by atoms with Crippen LogP contribution in [0.5, 0.6) is 17.2 Å². The fourth-order valence-electron chi connectivity index (χ4n) is 4.99. The largest absolute Gasteiger partial charge is 0.573 e. The van der Waals surface area contributed by atoms with Crippen LogP contribution in [0.2, 0.25) is 0 Å². The second-order valence-electron chi connectivity index (χ2n) is 8.86. The monoisotopic (exact) mass is 514 g/mol. The lowest BCUT2D eigenvalue weighted by Crippen LogP contribution is -2.44. The van der Waals surface area contributed by atoms with Gasteiger partial charge in [0.1, 0.15) is 11.8 Å². The maximum Gasteiger partial charge on any atom is 0.573 e. The molecule has 1 heterocycles. The number of primary amides is 1. The molecule has 4 rings (SSSR count). The van der Waals surface area contributed by atoms with E-state index in [4.69, 9.17) is 15.2 Å². The van der Waals surface area contributed by atoms with Gasteiger partial charge in [-0.3, -0.25) is 9.69 Å². The number of nitrogens with zero attached hydrogens (tertiary/aromatic N) is 1. The quantitative estimate of drug-likeness (QED) is 0.416. The van der Waals surface area contributed by atoms with Gasteiger partial charge in [-0.05, 0) is 65.8 Å². The van der Waals surface area contributed by atoms with Gasteiger partial charge in [0, 0.05) is 12.6 Å². The van der Waals surface area contributed by atoms with Crippen molar-refractivity contribution in [1.29, 1.82) is 0 Å². The van der Waals surface area contributed by atoms with Crippen LogP contribution < -0.4 is 19.9 Å². The third-order valence-corrected chi connectivity index (χ3v) is 6.62. The minimum Gasteiger partial charge on any atom is -0.493 e. The number of ether oxygens (including phenoxy) is 3. The van der Waals surface area contributed by atoms with Crippen molar-refractivity contribution in [1.82, 2.24) is 4.90 Å². The summed E-state index contributed by atoms with van der Waals surface area (Å²) in [5.41, 5.74) is 9.66. The summed E-state index contributed by atoms with van der Waals surface area (Å²) in [5.74, 6) is 0.490. The molecule has 196 valence electrons. The predicted molar refractivity (Wildman–Crippen MR) is 133 cm³/mol. The second kappa shape index (κ2) is 11.1. The van der Waals surface area contributed by atoms with Gasteiger partial charge >= 0.3 is 6.36 Å². The van der Waals surface area contributed by atoms with Crippen LogP contribution >= 0.6 is 0 Å². The molecule has 0 radical (unpaired) electrons. The van der Waals surface area contributed by atoms with Gasteiger partial charge in [0.05, 0.1) is 14.2 Å². The molecule has 6 nitrogen and oxygen atoms in total. The summed E-state index contributed by atoms with van der Waals surface area (Å²) in [7, 11) is 3.15. The number of hydrogen-bond acceptors (Lipinski definition) is 5. The molecule has 0 fully saturated rings. The Kier molecular flexibility index (Phi) is 7.92. The molecule has 0 unspecified atom stereocenters. The Labute approximate surface area is 213 Å². The van der Waals surface area contributed by atoms with Crippen molar-refractivity contribution in [2.24, 2.45) is 5.73 Å². The Morgan fingerprint density at radius 1 is 1.03 bits per heavy atom. The van der Waals surface area contributed by atoms with Crippen LogP contribution in [0.15, 0.2) is 66.7 Å². The molecule has 0 saturated carbocycles. The van der Waals surface area contributed by atoms with Crippen LogP contribution in [-0.4, -0.2) is 37.9 Å². The predicted octanol–water partition coefficient (Wildman–Crippen LogP) is 5.36. The molecule has 0 aromatic heterocycles. The van der Waals surface area contributed by atoms with Gasteiger partial charge in [-0.1, -0.05) is 42.5 Å². The maximum absolute atomic E-state index is 12.7. The van der Waals surface area contributed by atoms with Crippen LogP contribution in [0, 0.1) is 0 Å².